The van der Waals surface area contributed by atoms with Crippen molar-refractivity contribution in [3.63, 3.8) is 0 Å². The largest absolute Gasteiger partial charge is 0.478 e. The van der Waals surface area contributed by atoms with Crippen LogP contribution in [0, 0.1) is 0 Å². The molecule has 0 radical (unpaired) electrons. The first kappa shape index (κ1) is 15.2. The molecule has 1 aliphatic rings. The van der Waals surface area contributed by atoms with Gasteiger partial charge < -0.3 is 10.0 Å². The molecule has 0 saturated carbocycles. The number of nitrogens with zero attached hydrogens (tertiary/aromatic N) is 1. The predicted molar refractivity (Wildman–Crippen MR) is 74.1 cm³/mol. The van der Waals surface area contributed by atoms with Crippen LogP contribution in [0.15, 0.2) is 36.4 Å². The van der Waals surface area contributed by atoms with Gasteiger partial charge in [0, 0.05) is 24.9 Å². The fourth-order valence-corrected chi connectivity index (χ4v) is 2.19. The van der Waals surface area contributed by atoms with Gasteiger partial charge in [0.1, 0.15) is 0 Å². The van der Waals surface area contributed by atoms with Gasteiger partial charge in [-0.1, -0.05) is 18.2 Å². The third-order valence-electron chi connectivity index (χ3n) is 3.14. The van der Waals surface area contributed by atoms with Crippen LogP contribution in [0.4, 0.5) is 18.9 Å². The van der Waals surface area contributed by atoms with Gasteiger partial charge in [0.05, 0.1) is 5.56 Å². The first-order valence-corrected chi connectivity index (χ1v) is 6.40. The van der Waals surface area contributed by atoms with Crippen LogP contribution in [0.25, 0.3) is 6.08 Å². The van der Waals surface area contributed by atoms with E-state index in [0.717, 1.165) is 18.2 Å². The summed E-state index contributed by atoms with van der Waals surface area (Å²) in [6.45, 7) is 0.970. The van der Waals surface area contributed by atoms with Gasteiger partial charge in [0.25, 0.3) is 0 Å². The molecular formula is C15H14F3NO2. The van der Waals surface area contributed by atoms with Crippen LogP contribution < -0.4 is 4.90 Å². The van der Waals surface area contributed by atoms with Crippen molar-refractivity contribution in [1.29, 1.82) is 0 Å². The van der Waals surface area contributed by atoms with E-state index in [0.29, 0.717) is 19.5 Å². The Morgan fingerprint density at radius 3 is 2.62 bits per heavy atom. The van der Waals surface area contributed by atoms with Gasteiger partial charge in [0.15, 0.2) is 0 Å². The van der Waals surface area contributed by atoms with Crippen LogP contribution in [0.3, 0.4) is 0 Å². The quantitative estimate of drug-likeness (QED) is 0.685. The smallest absolute Gasteiger partial charge is 0.418 e. The molecule has 21 heavy (non-hydrogen) atoms. The molecule has 0 bridgehead atoms. The Hall–Kier alpha value is -2.24. The van der Waals surface area contributed by atoms with Crippen molar-refractivity contribution >= 4 is 17.7 Å². The van der Waals surface area contributed by atoms with Crippen molar-refractivity contribution in [1.82, 2.24) is 0 Å². The third kappa shape index (κ3) is 3.87. The predicted octanol–water partition coefficient (Wildman–Crippen LogP) is 3.57. The molecule has 0 amide bonds. The summed E-state index contributed by atoms with van der Waals surface area (Å²) < 4.78 is 39.6. The number of anilines is 1. The summed E-state index contributed by atoms with van der Waals surface area (Å²) in [6, 6.07) is 3.86. The Bertz CT molecular complexity index is 591. The van der Waals surface area contributed by atoms with E-state index in [2.05, 4.69) is 0 Å². The first-order chi connectivity index (χ1) is 9.88. The molecule has 0 fully saturated rings. The maximum atomic E-state index is 13.2. The summed E-state index contributed by atoms with van der Waals surface area (Å²) in [4.78, 5) is 12.1. The van der Waals surface area contributed by atoms with E-state index in [4.69, 9.17) is 5.11 Å². The normalized spacial score (nSPS) is 15.7. The fraction of sp³-hybridized carbons (Fsp3) is 0.267. The zero-order valence-electron chi connectivity index (χ0n) is 11.1. The number of hydrogen-bond acceptors (Lipinski definition) is 2. The monoisotopic (exact) mass is 297 g/mol. The highest BCUT2D eigenvalue weighted by molar-refractivity contribution is 5.85. The molecule has 1 N–H and O–H groups in total. The van der Waals surface area contributed by atoms with Crippen molar-refractivity contribution in [3.8, 4) is 0 Å². The van der Waals surface area contributed by atoms with Gasteiger partial charge in [-0.15, -0.1) is 0 Å². The summed E-state index contributed by atoms with van der Waals surface area (Å²) >= 11 is 0. The lowest BCUT2D eigenvalue weighted by Gasteiger charge is -2.28. The number of aliphatic carboxylic acids is 1. The third-order valence-corrected chi connectivity index (χ3v) is 3.14. The molecule has 1 aliphatic heterocycles. The highest BCUT2D eigenvalue weighted by atomic mass is 19.4. The van der Waals surface area contributed by atoms with Gasteiger partial charge in [-0.2, -0.15) is 13.2 Å². The van der Waals surface area contributed by atoms with Crippen LogP contribution >= 0.6 is 0 Å². The number of carbonyl (C=O) groups is 1. The Labute approximate surface area is 120 Å². The van der Waals surface area contributed by atoms with Crippen molar-refractivity contribution in [2.75, 3.05) is 18.0 Å². The van der Waals surface area contributed by atoms with E-state index >= 15 is 0 Å². The number of alkyl halides is 3. The van der Waals surface area contributed by atoms with E-state index < -0.39 is 17.7 Å². The molecule has 6 heteroatoms. The summed E-state index contributed by atoms with van der Waals surface area (Å²) in [5, 5.41) is 8.54. The van der Waals surface area contributed by atoms with Gasteiger partial charge in [0.2, 0.25) is 0 Å². The Kier molecular flexibility index (Phi) is 4.35. The average Bonchev–Trinajstić information content (AvgIpc) is 2.45. The highest BCUT2D eigenvalue weighted by Crippen LogP contribution is 2.38. The maximum Gasteiger partial charge on any atom is 0.418 e. The second kappa shape index (κ2) is 6.03. The molecule has 112 valence electrons. The van der Waals surface area contributed by atoms with Crippen LogP contribution in [0.2, 0.25) is 0 Å². The van der Waals surface area contributed by atoms with Gasteiger partial charge >= 0.3 is 12.1 Å². The number of rotatable bonds is 3. The van der Waals surface area contributed by atoms with Crippen molar-refractivity contribution in [3.05, 3.63) is 47.6 Å². The Morgan fingerprint density at radius 2 is 2.05 bits per heavy atom. The minimum absolute atomic E-state index is 0.124. The number of benzene rings is 1. The Morgan fingerprint density at radius 1 is 1.29 bits per heavy atom. The number of halogens is 3. The summed E-state index contributed by atoms with van der Waals surface area (Å²) in [6.07, 6.45) is 1.97. The molecule has 1 heterocycles. The topological polar surface area (TPSA) is 40.5 Å². The van der Waals surface area contributed by atoms with Crippen LogP contribution in [0.5, 0.6) is 0 Å². The van der Waals surface area contributed by atoms with E-state index in [9.17, 15) is 18.0 Å². The molecule has 0 saturated heterocycles. The molecule has 0 aromatic heterocycles. The zero-order chi connectivity index (χ0) is 15.5. The second-order valence-corrected chi connectivity index (χ2v) is 4.65. The number of carboxylic acid groups (broad SMARTS) is 1. The lowest BCUT2D eigenvalue weighted by Crippen LogP contribution is -2.29. The maximum absolute atomic E-state index is 13.2. The fourth-order valence-electron chi connectivity index (χ4n) is 2.19. The SMILES string of the molecule is O=C(O)/C=C/c1ccc(N2CC=CCC2)c(C(F)(F)F)c1. The van der Waals surface area contributed by atoms with Gasteiger partial charge in [-0.3, -0.25) is 0 Å². The Balaban J connectivity index is 2.41. The van der Waals surface area contributed by atoms with Crippen LogP contribution in [0.1, 0.15) is 17.5 Å². The van der Waals surface area contributed by atoms with Gasteiger partial charge in [-0.05, 0) is 30.2 Å². The molecule has 0 spiro atoms. The molecule has 0 unspecified atom stereocenters. The molecule has 3 nitrogen and oxygen atoms in total. The van der Waals surface area contributed by atoms with Crippen molar-refractivity contribution in [2.24, 2.45) is 0 Å². The van der Waals surface area contributed by atoms with Gasteiger partial charge in [-0.25, -0.2) is 4.79 Å². The number of hydrogen-bond donors (Lipinski definition) is 1. The first-order valence-electron chi connectivity index (χ1n) is 6.40. The van der Waals surface area contributed by atoms with Crippen LogP contribution in [-0.4, -0.2) is 24.2 Å². The lowest BCUT2D eigenvalue weighted by molar-refractivity contribution is -0.137. The highest BCUT2D eigenvalue weighted by Gasteiger charge is 2.35. The summed E-state index contributed by atoms with van der Waals surface area (Å²) in [5.74, 6) is -1.20. The van der Waals surface area contributed by atoms with E-state index in [-0.39, 0.29) is 11.3 Å². The molecule has 2 rings (SSSR count). The van der Waals surface area contributed by atoms with Crippen LogP contribution in [-0.2, 0) is 11.0 Å². The molecule has 1 aromatic carbocycles. The lowest BCUT2D eigenvalue weighted by atomic mass is 10.1. The molecule has 1 aromatic rings. The summed E-state index contributed by atoms with van der Waals surface area (Å²) in [7, 11) is 0. The summed E-state index contributed by atoms with van der Waals surface area (Å²) in [5.41, 5.74) is -0.411. The van der Waals surface area contributed by atoms with Crippen molar-refractivity contribution in [2.45, 2.75) is 12.6 Å². The molecule has 0 aliphatic carbocycles. The minimum Gasteiger partial charge on any atom is -0.478 e. The zero-order valence-corrected chi connectivity index (χ0v) is 11.1. The standard InChI is InChI=1S/C15H14F3NO2/c16-15(17,18)12-10-11(5-7-14(20)21)4-6-13(12)19-8-2-1-3-9-19/h1-2,4-7,10H,3,8-9H2,(H,20,21)/b7-5+. The molecule has 0 atom stereocenters. The minimum atomic E-state index is -4.48. The second-order valence-electron chi connectivity index (χ2n) is 4.65. The van der Waals surface area contributed by atoms with E-state index in [1.807, 2.05) is 12.2 Å². The average molecular weight is 297 g/mol. The van der Waals surface area contributed by atoms with E-state index in [1.165, 1.54) is 12.1 Å². The van der Waals surface area contributed by atoms with Crippen molar-refractivity contribution < 1.29 is 23.1 Å². The van der Waals surface area contributed by atoms with E-state index in [1.54, 1.807) is 4.90 Å². The molecular weight excluding hydrogens is 283 g/mol. The number of carboxylic acids is 1.